The van der Waals surface area contributed by atoms with Gasteiger partial charge in [-0.25, -0.2) is 0 Å². The number of nitrogens with zero attached hydrogens (tertiary/aromatic N) is 1. The summed E-state index contributed by atoms with van der Waals surface area (Å²) in [5, 5.41) is 13.4. The largest absolute Gasteiger partial charge is 0.390 e. The summed E-state index contributed by atoms with van der Waals surface area (Å²) in [5.74, 6) is 0.636. The van der Waals surface area contributed by atoms with Gasteiger partial charge in [0.05, 0.1) is 6.10 Å². The number of benzene rings is 1. The lowest BCUT2D eigenvalue weighted by Crippen LogP contribution is -2.40. The highest BCUT2D eigenvalue weighted by atomic mass is 16.3. The fourth-order valence-corrected chi connectivity index (χ4v) is 2.81. The van der Waals surface area contributed by atoms with E-state index in [0.717, 1.165) is 26.2 Å². The van der Waals surface area contributed by atoms with Gasteiger partial charge in [-0.05, 0) is 30.6 Å². The van der Waals surface area contributed by atoms with Crippen molar-refractivity contribution in [3.63, 3.8) is 0 Å². The maximum absolute atomic E-state index is 9.98. The van der Waals surface area contributed by atoms with Crippen molar-refractivity contribution in [1.29, 1.82) is 0 Å². The fourth-order valence-electron chi connectivity index (χ4n) is 2.81. The lowest BCUT2D eigenvalue weighted by atomic mass is 9.77. The van der Waals surface area contributed by atoms with Crippen LogP contribution in [0.15, 0.2) is 24.3 Å². The summed E-state index contributed by atoms with van der Waals surface area (Å²) in [6, 6.07) is 8.65. The molecule has 1 aromatic rings. The second kappa shape index (κ2) is 7.04. The van der Waals surface area contributed by atoms with Crippen LogP contribution in [0.25, 0.3) is 0 Å². The van der Waals surface area contributed by atoms with Crippen molar-refractivity contribution in [3.8, 4) is 0 Å². The molecule has 1 aliphatic carbocycles. The fraction of sp³-hybridized carbons (Fsp3) is 0.625. The molecule has 3 heteroatoms. The Hall–Kier alpha value is -0.900. The molecular weight excluding hydrogens is 236 g/mol. The van der Waals surface area contributed by atoms with Crippen molar-refractivity contribution in [3.05, 3.63) is 35.4 Å². The van der Waals surface area contributed by atoms with E-state index >= 15 is 0 Å². The zero-order valence-electron chi connectivity index (χ0n) is 12.1. The van der Waals surface area contributed by atoms with Gasteiger partial charge in [-0.15, -0.1) is 0 Å². The number of fused-ring (bicyclic) bond motifs is 1. The number of rotatable bonds is 8. The van der Waals surface area contributed by atoms with Gasteiger partial charge < -0.3 is 15.3 Å². The maximum atomic E-state index is 9.98. The molecule has 1 aromatic carbocycles. The standard InChI is InChI=1S/C16H26N2O/c1-3-18(4-2)12-15(19)11-17-10-14-9-13-7-5-6-8-16(13)14/h5-8,14-15,17,19H,3-4,9-12H2,1-2H3. The SMILES string of the molecule is CCN(CC)CC(O)CNCC1Cc2ccccc21. The smallest absolute Gasteiger partial charge is 0.0791 e. The first-order chi connectivity index (χ1) is 9.24. The molecule has 2 rings (SSSR count). The Balaban J connectivity index is 1.65. The maximum Gasteiger partial charge on any atom is 0.0791 e. The molecule has 0 spiro atoms. The molecule has 0 heterocycles. The molecular formula is C16H26N2O. The van der Waals surface area contributed by atoms with Crippen LogP contribution in [0.2, 0.25) is 0 Å². The molecule has 1 aliphatic rings. The molecule has 2 unspecified atom stereocenters. The van der Waals surface area contributed by atoms with Gasteiger partial charge in [0, 0.05) is 25.6 Å². The molecule has 0 fully saturated rings. The minimum absolute atomic E-state index is 0.268. The van der Waals surface area contributed by atoms with Gasteiger partial charge in [0.2, 0.25) is 0 Å². The Kier molecular flexibility index (Phi) is 5.37. The molecule has 0 saturated heterocycles. The van der Waals surface area contributed by atoms with Crippen LogP contribution in [0.5, 0.6) is 0 Å². The summed E-state index contributed by atoms with van der Waals surface area (Å²) >= 11 is 0. The Morgan fingerprint density at radius 3 is 2.74 bits per heavy atom. The molecule has 2 atom stereocenters. The van der Waals surface area contributed by atoms with E-state index < -0.39 is 0 Å². The van der Waals surface area contributed by atoms with Crippen LogP contribution in [-0.4, -0.2) is 48.8 Å². The molecule has 2 N–H and O–H groups in total. The van der Waals surface area contributed by atoms with Crippen LogP contribution in [0.3, 0.4) is 0 Å². The van der Waals surface area contributed by atoms with Gasteiger partial charge in [-0.1, -0.05) is 38.1 Å². The van der Waals surface area contributed by atoms with Gasteiger partial charge in [0.15, 0.2) is 0 Å². The summed E-state index contributed by atoms with van der Waals surface area (Å²) < 4.78 is 0. The van der Waals surface area contributed by atoms with Crippen molar-refractivity contribution >= 4 is 0 Å². The number of aliphatic hydroxyl groups is 1. The minimum Gasteiger partial charge on any atom is -0.390 e. The summed E-state index contributed by atoms with van der Waals surface area (Å²) in [6.07, 6.45) is 0.908. The van der Waals surface area contributed by atoms with Crippen molar-refractivity contribution in [1.82, 2.24) is 10.2 Å². The van der Waals surface area contributed by atoms with Crippen molar-refractivity contribution < 1.29 is 5.11 Å². The van der Waals surface area contributed by atoms with Crippen LogP contribution >= 0.6 is 0 Å². The zero-order chi connectivity index (χ0) is 13.7. The van der Waals surface area contributed by atoms with Crippen LogP contribution in [-0.2, 0) is 6.42 Å². The Bertz CT molecular complexity index is 390. The number of aliphatic hydroxyl groups excluding tert-OH is 1. The average molecular weight is 262 g/mol. The second-order valence-electron chi connectivity index (χ2n) is 5.40. The molecule has 0 bridgehead atoms. The first-order valence-corrected chi connectivity index (χ1v) is 7.43. The topological polar surface area (TPSA) is 35.5 Å². The van der Waals surface area contributed by atoms with Crippen molar-refractivity contribution in [2.45, 2.75) is 32.3 Å². The first kappa shape index (κ1) is 14.5. The number of likely N-dealkylation sites (N-methyl/N-ethyl adjacent to an activating group) is 1. The van der Waals surface area contributed by atoms with Gasteiger partial charge in [0.25, 0.3) is 0 Å². The second-order valence-corrected chi connectivity index (χ2v) is 5.40. The Labute approximate surface area is 116 Å². The van der Waals surface area contributed by atoms with Crippen LogP contribution in [0.1, 0.15) is 30.9 Å². The average Bonchev–Trinajstić information content (AvgIpc) is 2.41. The molecule has 106 valence electrons. The monoisotopic (exact) mass is 262 g/mol. The third-order valence-corrected chi connectivity index (χ3v) is 4.10. The predicted molar refractivity (Wildman–Crippen MR) is 79.6 cm³/mol. The third-order valence-electron chi connectivity index (χ3n) is 4.10. The van der Waals surface area contributed by atoms with E-state index in [1.165, 1.54) is 17.5 Å². The number of hydrogen-bond acceptors (Lipinski definition) is 3. The van der Waals surface area contributed by atoms with E-state index in [0.29, 0.717) is 12.5 Å². The van der Waals surface area contributed by atoms with Gasteiger partial charge in [-0.3, -0.25) is 0 Å². The van der Waals surface area contributed by atoms with E-state index in [2.05, 4.69) is 48.3 Å². The van der Waals surface area contributed by atoms with Crippen LogP contribution in [0.4, 0.5) is 0 Å². The van der Waals surface area contributed by atoms with E-state index in [4.69, 9.17) is 0 Å². The van der Waals surface area contributed by atoms with E-state index in [1.54, 1.807) is 0 Å². The van der Waals surface area contributed by atoms with Gasteiger partial charge >= 0.3 is 0 Å². The normalized spacial score (nSPS) is 19.1. The summed E-state index contributed by atoms with van der Waals surface area (Å²) in [6.45, 7) is 8.71. The molecule has 0 aromatic heterocycles. The van der Waals surface area contributed by atoms with Crippen molar-refractivity contribution in [2.75, 3.05) is 32.7 Å². The predicted octanol–water partition coefficient (Wildman–Crippen LogP) is 1.62. The highest BCUT2D eigenvalue weighted by molar-refractivity contribution is 5.40. The molecule has 0 amide bonds. The molecule has 0 saturated carbocycles. The van der Waals surface area contributed by atoms with Crippen LogP contribution < -0.4 is 5.32 Å². The van der Waals surface area contributed by atoms with Crippen molar-refractivity contribution in [2.24, 2.45) is 0 Å². The number of hydrogen-bond donors (Lipinski definition) is 2. The summed E-state index contributed by atoms with van der Waals surface area (Å²) in [5.41, 5.74) is 2.96. The molecule has 0 aliphatic heterocycles. The van der Waals surface area contributed by atoms with Crippen LogP contribution in [0, 0.1) is 0 Å². The molecule has 3 nitrogen and oxygen atoms in total. The van der Waals surface area contributed by atoms with E-state index in [1.807, 2.05) is 0 Å². The van der Waals surface area contributed by atoms with E-state index in [-0.39, 0.29) is 6.10 Å². The summed E-state index contributed by atoms with van der Waals surface area (Å²) in [7, 11) is 0. The lowest BCUT2D eigenvalue weighted by molar-refractivity contribution is 0.116. The lowest BCUT2D eigenvalue weighted by Gasteiger charge is -2.31. The Morgan fingerprint density at radius 2 is 2.05 bits per heavy atom. The highest BCUT2D eigenvalue weighted by Gasteiger charge is 2.24. The van der Waals surface area contributed by atoms with Gasteiger partial charge in [-0.2, -0.15) is 0 Å². The minimum atomic E-state index is -0.268. The zero-order valence-corrected chi connectivity index (χ0v) is 12.1. The molecule has 0 radical (unpaired) electrons. The highest BCUT2D eigenvalue weighted by Crippen LogP contribution is 2.33. The van der Waals surface area contributed by atoms with Gasteiger partial charge in [0.1, 0.15) is 0 Å². The Morgan fingerprint density at radius 1 is 1.32 bits per heavy atom. The number of nitrogens with one attached hydrogen (secondary N) is 1. The molecule has 19 heavy (non-hydrogen) atoms. The first-order valence-electron chi connectivity index (χ1n) is 7.43. The van der Waals surface area contributed by atoms with E-state index in [9.17, 15) is 5.11 Å². The summed E-state index contributed by atoms with van der Waals surface area (Å²) in [4.78, 5) is 2.25. The quantitative estimate of drug-likeness (QED) is 0.747. The third kappa shape index (κ3) is 3.78.